The summed E-state index contributed by atoms with van der Waals surface area (Å²) in [5, 5.41) is 1.28. The third kappa shape index (κ3) is 4.14. The smallest absolute Gasteiger partial charge is 0.254 e. The summed E-state index contributed by atoms with van der Waals surface area (Å²) in [7, 11) is 3.35. The molecule has 0 bridgehead atoms. The molecule has 2 aromatic carbocycles. The van der Waals surface area contributed by atoms with Crippen LogP contribution in [0.1, 0.15) is 16.1 Å². The predicted octanol–water partition coefficient (Wildman–Crippen LogP) is 4.36. The van der Waals surface area contributed by atoms with Gasteiger partial charge in [-0.1, -0.05) is 35.9 Å². The molecule has 0 aliphatic rings. The molecule has 0 aliphatic carbocycles. The van der Waals surface area contributed by atoms with Crippen molar-refractivity contribution in [1.29, 1.82) is 0 Å². The van der Waals surface area contributed by atoms with Crippen LogP contribution in [0.4, 0.5) is 0 Å². The molecule has 0 saturated heterocycles. The van der Waals surface area contributed by atoms with Gasteiger partial charge in [-0.2, -0.15) is 0 Å². The lowest BCUT2D eigenvalue weighted by Gasteiger charge is -2.19. The number of carbonyl (C=O) groups is 1. The number of amides is 1. The van der Waals surface area contributed by atoms with E-state index in [-0.39, 0.29) is 5.91 Å². The molecule has 0 spiro atoms. The fourth-order valence-electron chi connectivity index (χ4n) is 2.86. The van der Waals surface area contributed by atoms with Crippen molar-refractivity contribution in [3.63, 3.8) is 0 Å². The number of hydrogen-bond acceptors (Lipinski definition) is 4. The molecular formula is C21H21ClN2O3. The Morgan fingerprint density at radius 2 is 1.89 bits per heavy atom. The average molecular weight is 385 g/mol. The first-order valence-corrected chi connectivity index (χ1v) is 8.96. The molecule has 0 atom stereocenters. The van der Waals surface area contributed by atoms with Crippen LogP contribution in [0.15, 0.2) is 48.5 Å². The summed E-state index contributed by atoms with van der Waals surface area (Å²) in [6, 6.07) is 14.7. The van der Waals surface area contributed by atoms with E-state index in [9.17, 15) is 4.79 Å². The van der Waals surface area contributed by atoms with Crippen LogP contribution in [0.2, 0.25) is 5.02 Å². The number of halogens is 1. The Labute approximate surface area is 163 Å². The number of benzene rings is 2. The van der Waals surface area contributed by atoms with Crippen molar-refractivity contribution in [2.24, 2.45) is 0 Å². The minimum atomic E-state index is -0.101. The van der Waals surface area contributed by atoms with E-state index in [4.69, 9.17) is 21.1 Å². The van der Waals surface area contributed by atoms with Crippen LogP contribution in [0.25, 0.3) is 10.9 Å². The van der Waals surface area contributed by atoms with Crippen molar-refractivity contribution >= 4 is 28.4 Å². The molecule has 1 amide bonds. The summed E-state index contributed by atoms with van der Waals surface area (Å²) >= 11 is 6.25. The number of hydrogen-bond donors (Lipinski definition) is 0. The molecule has 3 rings (SSSR count). The zero-order valence-corrected chi connectivity index (χ0v) is 16.3. The van der Waals surface area contributed by atoms with Crippen LogP contribution >= 0.6 is 11.6 Å². The van der Waals surface area contributed by atoms with Gasteiger partial charge in [-0.3, -0.25) is 9.78 Å². The van der Waals surface area contributed by atoms with Gasteiger partial charge in [0.15, 0.2) is 11.5 Å². The number of rotatable bonds is 6. The minimum Gasteiger partial charge on any atom is -0.493 e. The summed E-state index contributed by atoms with van der Waals surface area (Å²) < 4.78 is 11.0. The largest absolute Gasteiger partial charge is 0.493 e. The molecule has 0 N–H and O–H groups in total. The summed E-state index contributed by atoms with van der Waals surface area (Å²) in [4.78, 5) is 19.0. The number of nitrogens with zero attached hydrogens (tertiary/aromatic N) is 2. The number of para-hydroxylation sites is 3. The van der Waals surface area contributed by atoms with Gasteiger partial charge in [-0.05, 0) is 31.2 Å². The number of pyridine rings is 1. The van der Waals surface area contributed by atoms with Crippen LogP contribution in [-0.4, -0.2) is 43.1 Å². The Morgan fingerprint density at radius 3 is 2.63 bits per heavy atom. The van der Waals surface area contributed by atoms with Crippen LogP contribution in [0.5, 0.6) is 11.5 Å². The molecule has 1 heterocycles. The van der Waals surface area contributed by atoms with E-state index in [1.807, 2.05) is 43.3 Å². The molecule has 0 unspecified atom stereocenters. The van der Waals surface area contributed by atoms with Crippen molar-refractivity contribution in [3.8, 4) is 11.5 Å². The van der Waals surface area contributed by atoms with E-state index >= 15 is 0 Å². The normalized spacial score (nSPS) is 10.7. The van der Waals surface area contributed by atoms with Gasteiger partial charge in [0.2, 0.25) is 0 Å². The van der Waals surface area contributed by atoms with Gasteiger partial charge < -0.3 is 14.4 Å². The molecule has 5 nitrogen and oxygen atoms in total. The van der Waals surface area contributed by atoms with Gasteiger partial charge in [0, 0.05) is 18.1 Å². The number of fused-ring (bicyclic) bond motifs is 1. The monoisotopic (exact) mass is 384 g/mol. The van der Waals surface area contributed by atoms with E-state index in [1.54, 1.807) is 31.2 Å². The second-order valence-corrected chi connectivity index (χ2v) is 6.58. The predicted molar refractivity (Wildman–Crippen MR) is 107 cm³/mol. The molecule has 0 saturated carbocycles. The summed E-state index contributed by atoms with van der Waals surface area (Å²) in [6.45, 7) is 2.63. The Morgan fingerprint density at radius 1 is 1.15 bits per heavy atom. The highest BCUT2D eigenvalue weighted by Gasteiger charge is 2.17. The minimum absolute atomic E-state index is 0.101. The third-order valence-corrected chi connectivity index (χ3v) is 4.55. The molecule has 0 aliphatic heterocycles. The Hall–Kier alpha value is -2.79. The van der Waals surface area contributed by atoms with E-state index in [1.165, 1.54) is 0 Å². The van der Waals surface area contributed by atoms with Gasteiger partial charge in [0.1, 0.15) is 6.61 Å². The summed E-state index contributed by atoms with van der Waals surface area (Å²) in [5.41, 5.74) is 1.97. The highest BCUT2D eigenvalue weighted by Crippen LogP contribution is 2.27. The number of aromatic nitrogens is 1. The quantitative estimate of drug-likeness (QED) is 0.633. The summed E-state index contributed by atoms with van der Waals surface area (Å²) in [6.07, 6.45) is 0. The van der Waals surface area contributed by atoms with E-state index < -0.39 is 0 Å². The third-order valence-electron chi connectivity index (χ3n) is 4.25. The van der Waals surface area contributed by atoms with E-state index in [2.05, 4.69) is 4.98 Å². The highest BCUT2D eigenvalue weighted by atomic mass is 35.5. The SMILES string of the molecule is COc1ccccc1OCCN(C)C(=O)c1cc(C)nc2c(Cl)cccc12. The number of likely N-dealkylation sites (N-methyl/N-ethyl adjacent to an activating group) is 1. The number of carbonyl (C=O) groups excluding carboxylic acids is 1. The van der Waals surface area contributed by atoms with Gasteiger partial charge in [0.25, 0.3) is 5.91 Å². The second kappa shape index (κ2) is 8.27. The first-order chi connectivity index (χ1) is 13.0. The van der Waals surface area contributed by atoms with Crippen LogP contribution < -0.4 is 9.47 Å². The van der Waals surface area contributed by atoms with E-state index in [0.29, 0.717) is 40.8 Å². The maximum absolute atomic E-state index is 13.0. The number of ether oxygens (including phenoxy) is 2. The second-order valence-electron chi connectivity index (χ2n) is 6.17. The van der Waals surface area contributed by atoms with Crippen molar-refractivity contribution in [1.82, 2.24) is 9.88 Å². The van der Waals surface area contributed by atoms with E-state index in [0.717, 1.165) is 11.1 Å². The lowest BCUT2D eigenvalue weighted by molar-refractivity contribution is 0.0775. The lowest BCUT2D eigenvalue weighted by atomic mass is 10.1. The first kappa shape index (κ1) is 19.0. The molecule has 27 heavy (non-hydrogen) atoms. The fraction of sp³-hybridized carbons (Fsp3) is 0.238. The highest BCUT2D eigenvalue weighted by molar-refractivity contribution is 6.35. The lowest BCUT2D eigenvalue weighted by Crippen LogP contribution is -2.31. The molecule has 0 fully saturated rings. The number of aryl methyl sites for hydroxylation is 1. The van der Waals surface area contributed by atoms with Gasteiger partial charge in [-0.25, -0.2) is 0 Å². The van der Waals surface area contributed by atoms with Crippen LogP contribution in [-0.2, 0) is 0 Å². The molecule has 6 heteroatoms. The Bertz CT molecular complexity index is 975. The Kier molecular flexibility index (Phi) is 5.81. The van der Waals surface area contributed by atoms with Gasteiger partial charge in [0.05, 0.1) is 29.8 Å². The van der Waals surface area contributed by atoms with Crippen LogP contribution in [0.3, 0.4) is 0 Å². The zero-order chi connectivity index (χ0) is 19.4. The maximum Gasteiger partial charge on any atom is 0.254 e. The van der Waals surface area contributed by atoms with Crippen molar-refractivity contribution in [2.75, 3.05) is 27.3 Å². The average Bonchev–Trinajstić information content (AvgIpc) is 2.68. The van der Waals surface area contributed by atoms with Crippen molar-refractivity contribution in [2.45, 2.75) is 6.92 Å². The van der Waals surface area contributed by atoms with Crippen molar-refractivity contribution in [3.05, 3.63) is 64.8 Å². The standard InChI is InChI=1S/C21H21ClN2O3/c1-14-13-16(15-7-6-8-17(22)20(15)23-14)21(25)24(2)11-12-27-19-10-5-4-9-18(19)26-3/h4-10,13H,11-12H2,1-3H3. The Balaban J connectivity index is 1.74. The molecule has 140 valence electrons. The first-order valence-electron chi connectivity index (χ1n) is 8.58. The topological polar surface area (TPSA) is 51.7 Å². The van der Waals surface area contributed by atoms with Gasteiger partial charge >= 0.3 is 0 Å². The maximum atomic E-state index is 13.0. The molecule has 1 aromatic heterocycles. The molecule has 0 radical (unpaired) electrons. The zero-order valence-electron chi connectivity index (χ0n) is 15.5. The fourth-order valence-corrected chi connectivity index (χ4v) is 3.07. The van der Waals surface area contributed by atoms with Gasteiger partial charge in [-0.15, -0.1) is 0 Å². The molecular weight excluding hydrogens is 364 g/mol. The number of methoxy groups -OCH3 is 1. The van der Waals surface area contributed by atoms with Crippen LogP contribution in [0, 0.1) is 6.92 Å². The summed E-state index contributed by atoms with van der Waals surface area (Å²) in [5.74, 6) is 1.21. The van der Waals surface area contributed by atoms with Crippen molar-refractivity contribution < 1.29 is 14.3 Å². The molecule has 3 aromatic rings.